The second-order valence-electron chi connectivity index (χ2n) is 4.58. The van der Waals surface area contributed by atoms with E-state index >= 15 is 0 Å². The van der Waals surface area contributed by atoms with Gasteiger partial charge in [0.1, 0.15) is 6.61 Å². The maximum atomic E-state index is 11.5. The van der Waals surface area contributed by atoms with Gasteiger partial charge in [0.2, 0.25) is 0 Å². The molecule has 1 aromatic carbocycles. The van der Waals surface area contributed by atoms with E-state index in [1.54, 1.807) is 0 Å². The number of ether oxygens (including phenoxy) is 1. The summed E-state index contributed by atoms with van der Waals surface area (Å²) in [7, 11) is 0. The molecule has 0 bridgehead atoms. The lowest BCUT2D eigenvalue weighted by Gasteiger charge is -2.21. The van der Waals surface area contributed by atoms with Crippen LogP contribution in [0.4, 0.5) is 4.79 Å². The van der Waals surface area contributed by atoms with Crippen LogP contribution in [0.15, 0.2) is 30.3 Å². The van der Waals surface area contributed by atoms with E-state index in [2.05, 4.69) is 10.2 Å². The molecule has 1 amide bonds. The van der Waals surface area contributed by atoms with E-state index in [0.29, 0.717) is 6.54 Å². The minimum Gasteiger partial charge on any atom is -0.445 e. The molecule has 0 aliphatic heterocycles. The quantitative estimate of drug-likeness (QED) is 0.759. The summed E-state index contributed by atoms with van der Waals surface area (Å²) in [5.74, 6) is 0. The van der Waals surface area contributed by atoms with E-state index in [9.17, 15) is 9.90 Å². The van der Waals surface area contributed by atoms with Gasteiger partial charge in [-0.05, 0) is 18.7 Å². The first-order valence-electron chi connectivity index (χ1n) is 7.00. The predicted octanol–water partition coefficient (Wildman–Crippen LogP) is 1.62. The topological polar surface area (TPSA) is 61.8 Å². The lowest BCUT2D eigenvalue weighted by molar-refractivity contribution is 0.104. The second kappa shape index (κ2) is 9.34. The summed E-state index contributed by atoms with van der Waals surface area (Å²) in [6.07, 6.45) is -1.09. The Bertz CT molecular complexity index is 380. The summed E-state index contributed by atoms with van der Waals surface area (Å²) in [6, 6.07) is 9.48. The first-order chi connectivity index (χ1) is 9.65. The van der Waals surface area contributed by atoms with Gasteiger partial charge in [-0.1, -0.05) is 44.2 Å². The Labute approximate surface area is 120 Å². The van der Waals surface area contributed by atoms with Crippen LogP contribution in [-0.4, -0.2) is 48.4 Å². The number of rotatable bonds is 8. The van der Waals surface area contributed by atoms with Gasteiger partial charge < -0.3 is 20.1 Å². The summed E-state index contributed by atoms with van der Waals surface area (Å²) >= 11 is 0. The fourth-order valence-corrected chi connectivity index (χ4v) is 1.82. The van der Waals surface area contributed by atoms with E-state index in [1.165, 1.54) is 0 Å². The molecule has 1 unspecified atom stereocenters. The number of hydrogen-bond acceptors (Lipinski definition) is 4. The van der Waals surface area contributed by atoms with Crippen LogP contribution in [0.5, 0.6) is 0 Å². The number of carbonyl (C=O) groups excluding carboxylic acids is 1. The van der Waals surface area contributed by atoms with Crippen LogP contribution >= 0.6 is 0 Å². The Hall–Kier alpha value is -1.59. The molecular formula is C15H24N2O3. The Balaban J connectivity index is 2.19. The summed E-state index contributed by atoms with van der Waals surface area (Å²) < 4.78 is 5.06. The van der Waals surface area contributed by atoms with Crippen LogP contribution in [0.2, 0.25) is 0 Å². The first-order valence-corrected chi connectivity index (χ1v) is 7.00. The third-order valence-electron chi connectivity index (χ3n) is 3.06. The van der Waals surface area contributed by atoms with Crippen molar-refractivity contribution in [3.63, 3.8) is 0 Å². The van der Waals surface area contributed by atoms with Gasteiger partial charge in [-0.3, -0.25) is 0 Å². The molecule has 0 spiro atoms. The number of nitrogens with zero attached hydrogens (tertiary/aromatic N) is 1. The molecule has 1 aromatic rings. The van der Waals surface area contributed by atoms with Crippen molar-refractivity contribution in [1.82, 2.24) is 10.2 Å². The zero-order chi connectivity index (χ0) is 14.8. The zero-order valence-corrected chi connectivity index (χ0v) is 12.2. The molecule has 2 N–H and O–H groups in total. The summed E-state index contributed by atoms with van der Waals surface area (Å²) in [6.45, 7) is 6.82. The van der Waals surface area contributed by atoms with E-state index in [-0.39, 0.29) is 13.2 Å². The van der Waals surface area contributed by atoms with Gasteiger partial charge in [0.05, 0.1) is 6.10 Å². The maximum Gasteiger partial charge on any atom is 0.407 e. The fraction of sp³-hybridized carbons (Fsp3) is 0.533. The normalized spacial score (nSPS) is 12.2. The predicted molar refractivity (Wildman–Crippen MR) is 78.4 cm³/mol. The average molecular weight is 280 g/mol. The number of aliphatic hydroxyl groups excluding tert-OH is 1. The van der Waals surface area contributed by atoms with E-state index < -0.39 is 12.2 Å². The van der Waals surface area contributed by atoms with Crippen LogP contribution in [0.25, 0.3) is 0 Å². The first kappa shape index (κ1) is 16.5. The summed E-state index contributed by atoms with van der Waals surface area (Å²) in [4.78, 5) is 13.6. The highest BCUT2D eigenvalue weighted by Gasteiger charge is 2.11. The minimum absolute atomic E-state index is 0.199. The maximum absolute atomic E-state index is 11.5. The number of carbonyl (C=O) groups is 1. The molecule has 1 atom stereocenters. The highest BCUT2D eigenvalue weighted by atomic mass is 16.5. The molecule has 0 radical (unpaired) electrons. The molecule has 5 heteroatoms. The second-order valence-corrected chi connectivity index (χ2v) is 4.58. The molecular weight excluding hydrogens is 256 g/mol. The summed E-state index contributed by atoms with van der Waals surface area (Å²) in [5.41, 5.74) is 0.936. The van der Waals surface area contributed by atoms with Crippen molar-refractivity contribution in [2.75, 3.05) is 26.2 Å². The van der Waals surface area contributed by atoms with Crippen LogP contribution in [-0.2, 0) is 11.3 Å². The highest BCUT2D eigenvalue weighted by molar-refractivity contribution is 5.67. The summed E-state index contributed by atoms with van der Waals surface area (Å²) in [5, 5.41) is 12.4. The van der Waals surface area contributed by atoms with Crippen molar-refractivity contribution in [2.45, 2.75) is 26.6 Å². The van der Waals surface area contributed by atoms with Crippen molar-refractivity contribution >= 4 is 6.09 Å². The third kappa shape index (κ3) is 6.54. The van der Waals surface area contributed by atoms with Gasteiger partial charge in [-0.2, -0.15) is 0 Å². The van der Waals surface area contributed by atoms with Crippen molar-refractivity contribution in [1.29, 1.82) is 0 Å². The van der Waals surface area contributed by atoms with E-state index in [4.69, 9.17) is 4.74 Å². The Morgan fingerprint density at radius 3 is 2.55 bits per heavy atom. The molecule has 0 fully saturated rings. The molecule has 0 heterocycles. The Morgan fingerprint density at radius 2 is 1.95 bits per heavy atom. The molecule has 0 aliphatic carbocycles. The van der Waals surface area contributed by atoms with Gasteiger partial charge in [0.25, 0.3) is 0 Å². The van der Waals surface area contributed by atoms with Crippen molar-refractivity contribution in [2.24, 2.45) is 0 Å². The number of alkyl carbamates (subject to hydrolysis) is 1. The molecule has 0 saturated heterocycles. The zero-order valence-electron chi connectivity index (χ0n) is 12.2. The van der Waals surface area contributed by atoms with Gasteiger partial charge in [-0.25, -0.2) is 4.79 Å². The number of benzene rings is 1. The molecule has 0 aromatic heterocycles. The van der Waals surface area contributed by atoms with Crippen molar-refractivity contribution in [3.8, 4) is 0 Å². The van der Waals surface area contributed by atoms with Crippen LogP contribution in [0.3, 0.4) is 0 Å². The number of aliphatic hydroxyl groups is 1. The van der Waals surface area contributed by atoms with E-state index in [1.807, 2.05) is 44.2 Å². The number of nitrogens with one attached hydrogen (secondary N) is 1. The Kier molecular flexibility index (Phi) is 7.69. The van der Waals surface area contributed by atoms with Crippen LogP contribution in [0, 0.1) is 0 Å². The number of amides is 1. The average Bonchev–Trinajstić information content (AvgIpc) is 2.49. The molecule has 0 aliphatic rings. The molecule has 112 valence electrons. The smallest absolute Gasteiger partial charge is 0.407 e. The number of likely N-dealkylation sites (N-methyl/N-ethyl adjacent to an activating group) is 1. The van der Waals surface area contributed by atoms with Crippen LogP contribution in [0.1, 0.15) is 19.4 Å². The van der Waals surface area contributed by atoms with Crippen molar-refractivity contribution in [3.05, 3.63) is 35.9 Å². The number of hydrogen-bond donors (Lipinski definition) is 2. The Morgan fingerprint density at radius 1 is 1.30 bits per heavy atom. The van der Waals surface area contributed by atoms with Crippen LogP contribution < -0.4 is 5.32 Å². The monoisotopic (exact) mass is 280 g/mol. The largest absolute Gasteiger partial charge is 0.445 e. The lowest BCUT2D eigenvalue weighted by Crippen LogP contribution is -2.40. The molecule has 20 heavy (non-hydrogen) atoms. The van der Waals surface area contributed by atoms with Gasteiger partial charge in [0.15, 0.2) is 0 Å². The van der Waals surface area contributed by atoms with E-state index in [0.717, 1.165) is 18.7 Å². The standard InChI is InChI=1S/C15H24N2O3/c1-3-17(4-2)11-14(18)10-16-15(19)20-12-13-8-6-5-7-9-13/h5-9,14,18H,3-4,10-12H2,1-2H3,(H,16,19). The SMILES string of the molecule is CCN(CC)CC(O)CNC(=O)OCc1ccccc1. The third-order valence-corrected chi connectivity index (χ3v) is 3.06. The minimum atomic E-state index is -0.584. The van der Waals surface area contributed by atoms with Gasteiger partial charge >= 0.3 is 6.09 Å². The molecule has 1 rings (SSSR count). The van der Waals surface area contributed by atoms with Gasteiger partial charge in [-0.15, -0.1) is 0 Å². The highest BCUT2D eigenvalue weighted by Crippen LogP contribution is 2.00. The lowest BCUT2D eigenvalue weighted by atomic mass is 10.2. The molecule has 0 saturated carbocycles. The molecule has 5 nitrogen and oxygen atoms in total. The van der Waals surface area contributed by atoms with Gasteiger partial charge in [0, 0.05) is 13.1 Å². The fourth-order valence-electron chi connectivity index (χ4n) is 1.82. The van der Waals surface area contributed by atoms with Crippen molar-refractivity contribution < 1.29 is 14.6 Å².